The molecule has 1 fully saturated rings. The zero-order valence-corrected chi connectivity index (χ0v) is 32.7. The molecule has 12 heteroatoms. The number of thiocarbonyl (C=S) groups is 1. The molecular formula is C41H52ClN5O5S. The summed E-state index contributed by atoms with van der Waals surface area (Å²) in [5.41, 5.74) is 1.65. The van der Waals surface area contributed by atoms with Crippen LogP contribution in [0.15, 0.2) is 84.9 Å². The molecule has 3 unspecified atom stereocenters. The van der Waals surface area contributed by atoms with Gasteiger partial charge < -0.3 is 31.3 Å². The second-order valence-corrected chi connectivity index (χ2v) is 15.5. The van der Waals surface area contributed by atoms with E-state index in [-0.39, 0.29) is 29.2 Å². The van der Waals surface area contributed by atoms with Gasteiger partial charge in [-0.2, -0.15) is 0 Å². The SMILES string of the molecule is CC(C)CC(NC(=O)[C@H](CCc1ccccc1)NC(=S)Nc1ccc(Cl)cc1)C(=O)N[C@@H](Cc1ccccc1)C(=O)NC(CC(C)C)C(=O)C1(C)CO1. The first-order valence-corrected chi connectivity index (χ1v) is 19.0. The maximum Gasteiger partial charge on any atom is 0.243 e. The third-order valence-electron chi connectivity index (χ3n) is 8.98. The van der Waals surface area contributed by atoms with E-state index in [0.717, 1.165) is 11.1 Å². The number of ether oxygens (including phenoxy) is 1. The predicted molar refractivity (Wildman–Crippen MR) is 214 cm³/mol. The van der Waals surface area contributed by atoms with E-state index in [0.29, 0.717) is 43.0 Å². The summed E-state index contributed by atoms with van der Waals surface area (Å²) in [6, 6.07) is 22.6. The van der Waals surface area contributed by atoms with Crippen LogP contribution in [0, 0.1) is 11.8 Å². The molecule has 0 aromatic heterocycles. The van der Waals surface area contributed by atoms with E-state index in [4.69, 9.17) is 28.6 Å². The van der Waals surface area contributed by atoms with Crippen molar-refractivity contribution in [2.24, 2.45) is 11.8 Å². The molecule has 5 atom stereocenters. The molecule has 0 radical (unpaired) electrons. The largest absolute Gasteiger partial charge is 0.361 e. The summed E-state index contributed by atoms with van der Waals surface area (Å²) in [4.78, 5) is 55.5. The molecule has 1 aliphatic rings. The van der Waals surface area contributed by atoms with Gasteiger partial charge in [-0.3, -0.25) is 19.2 Å². The van der Waals surface area contributed by atoms with Gasteiger partial charge in [-0.15, -0.1) is 0 Å². The molecule has 3 amide bonds. The lowest BCUT2D eigenvalue weighted by Crippen LogP contribution is -2.59. The van der Waals surface area contributed by atoms with Crippen molar-refractivity contribution in [2.75, 3.05) is 11.9 Å². The molecule has 1 aliphatic heterocycles. The van der Waals surface area contributed by atoms with Crippen LogP contribution >= 0.6 is 23.8 Å². The lowest BCUT2D eigenvalue weighted by Gasteiger charge is -2.28. The van der Waals surface area contributed by atoms with Crippen molar-refractivity contribution in [3.63, 3.8) is 0 Å². The second-order valence-electron chi connectivity index (χ2n) is 14.7. The summed E-state index contributed by atoms with van der Waals surface area (Å²) in [5, 5.41) is 15.9. The summed E-state index contributed by atoms with van der Waals surface area (Å²) >= 11 is 11.6. The Hall–Kier alpha value is -4.32. The summed E-state index contributed by atoms with van der Waals surface area (Å²) in [6.45, 7) is 9.90. The Kier molecular flexibility index (Phi) is 15.4. The number of halogens is 1. The van der Waals surface area contributed by atoms with Crippen molar-refractivity contribution in [3.05, 3.63) is 101 Å². The average Bonchev–Trinajstić information content (AvgIpc) is 3.88. The first-order valence-electron chi connectivity index (χ1n) is 18.2. The van der Waals surface area contributed by atoms with Gasteiger partial charge in [-0.25, -0.2) is 0 Å². The third kappa shape index (κ3) is 13.6. The minimum atomic E-state index is -1.02. The van der Waals surface area contributed by atoms with Crippen LogP contribution in [-0.2, 0) is 36.8 Å². The Bertz CT molecular complexity index is 1690. The molecule has 3 aromatic carbocycles. The number of rotatable bonds is 19. The summed E-state index contributed by atoms with van der Waals surface area (Å²) < 4.78 is 5.41. The van der Waals surface area contributed by atoms with Gasteiger partial charge in [0.2, 0.25) is 17.7 Å². The van der Waals surface area contributed by atoms with Crippen molar-refractivity contribution in [1.29, 1.82) is 0 Å². The number of carbonyl (C=O) groups is 4. The van der Waals surface area contributed by atoms with E-state index in [1.165, 1.54) is 0 Å². The van der Waals surface area contributed by atoms with Gasteiger partial charge in [0.1, 0.15) is 23.7 Å². The number of anilines is 1. The highest BCUT2D eigenvalue weighted by atomic mass is 35.5. The van der Waals surface area contributed by atoms with Crippen LogP contribution in [0.2, 0.25) is 5.02 Å². The molecular weight excluding hydrogens is 710 g/mol. The molecule has 10 nitrogen and oxygen atoms in total. The van der Waals surface area contributed by atoms with Gasteiger partial charge in [0.15, 0.2) is 10.9 Å². The Labute approximate surface area is 323 Å². The lowest BCUT2D eigenvalue weighted by atomic mass is 9.93. The van der Waals surface area contributed by atoms with Crippen molar-refractivity contribution in [2.45, 2.75) is 96.5 Å². The Morgan fingerprint density at radius 2 is 1.19 bits per heavy atom. The highest BCUT2D eigenvalue weighted by Crippen LogP contribution is 2.29. The average molecular weight is 762 g/mol. The number of nitrogens with one attached hydrogen (secondary N) is 5. The van der Waals surface area contributed by atoms with E-state index >= 15 is 0 Å². The fraction of sp³-hybridized carbons (Fsp3) is 0.439. The zero-order valence-electron chi connectivity index (χ0n) is 31.1. The molecule has 0 spiro atoms. The molecule has 5 N–H and O–H groups in total. The van der Waals surface area contributed by atoms with Crippen molar-refractivity contribution in [3.8, 4) is 0 Å². The monoisotopic (exact) mass is 761 g/mol. The fourth-order valence-corrected chi connectivity index (χ4v) is 6.37. The lowest BCUT2D eigenvalue weighted by molar-refractivity contribution is -0.134. The van der Waals surface area contributed by atoms with Gasteiger partial charge in [0, 0.05) is 17.1 Å². The number of epoxide rings is 1. The molecule has 1 heterocycles. The highest BCUT2D eigenvalue weighted by Gasteiger charge is 2.50. The topological polar surface area (TPSA) is 141 Å². The van der Waals surface area contributed by atoms with Gasteiger partial charge in [-0.05, 0) is 92.1 Å². The van der Waals surface area contributed by atoms with Crippen LogP contribution in [0.3, 0.4) is 0 Å². The van der Waals surface area contributed by atoms with E-state index in [9.17, 15) is 19.2 Å². The minimum absolute atomic E-state index is 0.0307. The molecule has 0 saturated carbocycles. The first kappa shape index (κ1) is 41.4. The van der Waals surface area contributed by atoms with E-state index in [1.807, 2.05) is 88.4 Å². The smallest absolute Gasteiger partial charge is 0.243 e. The number of carbonyl (C=O) groups excluding carboxylic acids is 4. The van der Waals surface area contributed by atoms with Crippen LogP contribution in [0.5, 0.6) is 0 Å². The number of Topliss-reactive ketones (excluding diaryl/α,β-unsaturated/α-hetero) is 1. The molecule has 3 aromatic rings. The summed E-state index contributed by atoms with van der Waals surface area (Å²) in [5.74, 6) is -1.43. The van der Waals surface area contributed by atoms with Crippen molar-refractivity contribution >= 4 is 58.1 Å². The Morgan fingerprint density at radius 1 is 0.698 bits per heavy atom. The van der Waals surface area contributed by atoms with E-state index in [1.54, 1.807) is 31.2 Å². The predicted octanol–water partition coefficient (Wildman–Crippen LogP) is 5.78. The molecule has 4 rings (SSSR count). The second kappa shape index (κ2) is 19.7. The maximum absolute atomic E-state index is 14.1. The van der Waals surface area contributed by atoms with E-state index in [2.05, 4.69) is 26.6 Å². The van der Waals surface area contributed by atoms with Crippen LogP contribution in [0.4, 0.5) is 5.69 Å². The van der Waals surface area contributed by atoms with Gasteiger partial charge >= 0.3 is 0 Å². The number of aryl methyl sites for hydroxylation is 1. The van der Waals surface area contributed by atoms with Gasteiger partial charge in [0.05, 0.1) is 12.6 Å². The molecule has 284 valence electrons. The minimum Gasteiger partial charge on any atom is -0.361 e. The van der Waals surface area contributed by atoms with Crippen molar-refractivity contribution < 1.29 is 23.9 Å². The number of hydrogen-bond donors (Lipinski definition) is 5. The number of ketones is 1. The molecule has 53 heavy (non-hydrogen) atoms. The van der Waals surface area contributed by atoms with E-state index < -0.39 is 47.5 Å². The van der Waals surface area contributed by atoms with Crippen LogP contribution < -0.4 is 26.6 Å². The number of benzene rings is 3. The van der Waals surface area contributed by atoms with Crippen molar-refractivity contribution in [1.82, 2.24) is 21.3 Å². The molecule has 0 bridgehead atoms. The van der Waals surface area contributed by atoms with Crippen LogP contribution in [-0.4, -0.2) is 65.0 Å². The summed E-state index contributed by atoms with van der Waals surface area (Å²) in [7, 11) is 0. The van der Waals surface area contributed by atoms with Crippen LogP contribution in [0.25, 0.3) is 0 Å². The first-order chi connectivity index (χ1) is 25.2. The molecule has 1 saturated heterocycles. The normalized spacial score (nSPS) is 17.2. The summed E-state index contributed by atoms with van der Waals surface area (Å²) in [6.07, 6.45) is 1.90. The number of amides is 3. The maximum atomic E-state index is 14.1. The van der Waals surface area contributed by atoms with Gasteiger partial charge in [-0.1, -0.05) is 100.0 Å². The quantitative estimate of drug-likeness (QED) is 0.0766. The number of hydrogen-bond acceptors (Lipinski definition) is 6. The van der Waals surface area contributed by atoms with Gasteiger partial charge in [0.25, 0.3) is 0 Å². The fourth-order valence-electron chi connectivity index (χ4n) is 5.98. The Morgan fingerprint density at radius 3 is 1.75 bits per heavy atom. The zero-order chi connectivity index (χ0) is 38.5. The van der Waals surface area contributed by atoms with Crippen LogP contribution in [0.1, 0.15) is 65.0 Å². The Balaban J connectivity index is 1.53. The standard InChI is InChI=1S/C41H52ClN5O5S/c1-26(2)22-33(36(48)41(5)25-52-41)44-39(51)35(24-29-14-10-7-11-15-29)46-38(50)34(23-27(3)4)45-37(49)32(21-16-28-12-8-6-9-13-28)47-40(53)43-31-19-17-30(42)18-20-31/h6-15,17-20,26-27,32-35H,16,21-25H2,1-5H3,(H,44,51)(H,45,49)(H,46,50)(H2,43,47,53)/t32-,33?,34?,35-,41?/m0/s1. The third-order valence-corrected chi connectivity index (χ3v) is 9.45. The highest BCUT2D eigenvalue weighted by molar-refractivity contribution is 7.80. The molecule has 0 aliphatic carbocycles.